The summed E-state index contributed by atoms with van der Waals surface area (Å²) in [6.45, 7) is 2.08. The Bertz CT molecular complexity index is 416. The molecule has 1 aromatic rings. The summed E-state index contributed by atoms with van der Waals surface area (Å²) in [6.07, 6.45) is 2.19. The molecule has 18 heavy (non-hydrogen) atoms. The Balaban J connectivity index is 2.55. The summed E-state index contributed by atoms with van der Waals surface area (Å²) >= 11 is 0. The van der Waals surface area contributed by atoms with Gasteiger partial charge in [0.25, 0.3) is 0 Å². The molecular weight excluding hydrogens is 228 g/mol. The molecule has 0 heterocycles. The lowest BCUT2D eigenvalue weighted by Crippen LogP contribution is -2.29. The zero-order valence-corrected chi connectivity index (χ0v) is 11.3. The third kappa shape index (κ3) is 4.04. The largest absolute Gasteiger partial charge is 0.480 e. The first kappa shape index (κ1) is 14.5. The summed E-state index contributed by atoms with van der Waals surface area (Å²) in [5.41, 5.74) is 9.16. The molecule has 0 saturated carbocycles. The lowest BCUT2D eigenvalue weighted by Gasteiger charge is -2.15. The molecule has 0 aliphatic heterocycles. The predicted octanol–water partition coefficient (Wildman–Crippen LogP) is 1.80. The molecule has 0 aromatic heterocycles. The van der Waals surface area contributed by atoms with Gasteiger partial charge in [0.15, 0.2) is 0 Å². The summed E-state index contributed by atoms with van der Waals surface area (Å²) < 4.78 is 0. The Morgan fingerprint density at radius 2 is 2.11 bits per heavy atom. The number of benzene rings is 1. The van der Waals surface area contributed by atoms with Gasteiger partial charge in [-0.3, -0.25) is 4.79 Å². The molecule has 0 spiro atoms. The number of anilines is 1. The van der Waals surface area contributed by atoms with Gasteiger partial charge < -0.3 is 15.7 Å². The van der Waals surface area contributed by atoms with Crippen molar-refractivity contribution in [2.75, 3.05) is 19.0 Å². The summed E-state index contributed by atoms with van der Waals surface area (Å²) in [5.74, 6) is -0.922. The van der Waals surface area contributed by atoms with Crippen LogP contribution in [0.5, 0.6) is 0 Å². The van der Waals surface area contributed by atoms with E-state index in [1.54, 1.807) is 0 Å². The van der Waals surface area contributed by atoms with Gasteiger partial charge in [0.1, 0.15) is 6.04 Å². The van der Waals surface area contributed by atoms with Crippen molar-refractivity contribution in [2.45, 2.75) is 32.2 Å². The Morgan fingerprint density at radius 1 is 1.44 bits per heavy atom. The van der Waals surface area contributed by atoms with Gasteiger partial charge in [0.05, 0.1) is 0 Å². The smallest absolute Gasteiger partial charge is 0.320 e. The molecule has 0 bridgehead atoms. The normalized spacial score (nSPS) is 12.2. The highest BCUT2D eigenvalue weighted by Crippen LogP contribution is 2.19. The Labute approximate surface area is 108 Å². The van der Waals surface area contributed by atoms with E-state index in [-0.39, 0.29) is 0 Å². The average Bonchev–Trinajstić information content (AvgIpc) is 2.30. The molecule has 0 fully saturated rings. The summed E-state index contributed by atoms with van der Waals surface area (Å²) in [4.78, 5) is 12.7. The van der Waals surface area contributed by atoms with Crippen molar-refractivity contribution in [3.63, 3.8) is 0 Å². The van der Waals surface area contributed by atoms with Crippen molar-refractivity contribution in [3.8, 4) is 0 Å². The highest BCUT2D eigenvalue weighted by Gasteiger charge is 2.11. The van der Waals surface area contributed by atoms with Gasteiger partial charge >= 0.3 is 5.97 Å². The first-order chi connectivity index (χ1) is 8.41. The van der Waals surface area contributed by atoms with Crippen LogP contribution < -0.4 is 10.6 Å². The Kier molecular flexibility index (Phi) is 5.16. The van der Waals surface area contributed by atoms with Crippen LogP contribution in [0, 0.1) is 6.92 Å². The number of aliphatic carboxylic acids is 1. The van der Waals surface area contributed by atoms with Crippen molar-refractivity contribution in [3.05, 3.63) is 29.3 Å². The highest BCUT2D eigenvalue weighted by molar-refractivity contribution is 5.72. The van der Waals surface area contributed by atoms with E-state index in [0.717, 1.165) is 12.8 Å². The quantitative estimate of drug-likeness (QED) is 0.808. The van der Waals surface area contributed by atoms with E-state index in [0.29, 0.717) is 6.42 Å². The maximum atomic E-state index is 10.6. The van der Waals surface area contributed by atoms with Crippen LogP contribution in [0.4, 0.5) is 5.69 Å². The molecule has 0 radical (unpaired) electrons. The SMILES string of the molecule is Cc1cc(N(C)C)ccc1CCCC(N)C(=O)O. The van der Waals surface area contributed by atoms with E-state index in [4.69, 9.17) is 10.8 Å². The van der Waals surface area contributed by atoms with Crippen LogP contribution in [-0.4, -0.2) is 31.2 Å². The minimum Gasteiger partial charge on any atom is -0.480 e. The van der Waals surface area contributed by atoms with E-state index < -0.39 is 12.0 Å². The van der Waals surface area contributed by atoms with E-state index >= 15 is 0 Å². The molecule has 0 amide bonds. The first-order valence-corrected chi connectivity index (χ1v) is 6.17. The average molecular weight is 250 g/mol. The second-order valence-electron chi connectivity index (χ2n) is 4.84. The fourth-order valence-electron chi connectivity index (χ4n) is 1.87. The van der Waals surface area contributed by atoms with Crippen molar-refractivity contribution >= 4 is 11.7 Å². The van der Waals surface area contributed by atoms with Crippen molar-refractivity contribution < 1.29 is 9.90 Å². The number of nitrogens with zero attached hydrogens (tertiary/aromatic N) is 1. The van der Waals surface area contributed by atoms with Gasteiger partial charge in [-0.25, -0.2) is 0 Å². The summed E-state index contributed by atoms with van der Waals surface area (Å²) in [6, 6.07) is 5.59. The van der Waals surface area contributed by atoms with Gasteiger partial charge in [-0.2, -0.15) is 0 Å². The van der Waals surface area contributed by atoms with Crippen molar-refractivity contribution in [1.82, 2.24) is 0 Å². The number of aryl methyl sites for hydroxylation is 2. The minimum atomic E-state index is -0.922. The topological polar surface area (TPSA) is 66.6 Å². The van der Waals surface area contributed by atoms with Gasteiger partial charge in [-0.05, 0) is 49.4 Å². The molecule has 1 aromatic carbocycles. The molecule has 0 saturated heterocycles. The molecule has 1 unspecified atom stereocenters. The van der Waals surface area contributed by atoms with Crippen LogP contribution in [-0.2, 0) is 11.2 Å². The molecule has 1 rings (SSSR count). The zero-order chi connectivity index (χ0) is 13.7. The van der Waals surface area contributed by atoms with E-state index in [2.05, 4.69) is 30.0 Å². The van der Waals surface area contributed by atoms with Crippen LogP contribution in [0.25, 0.3) is 0 Å². The number of nitrogens with two attached hydrogens (primary N) is 1. The van der Waals surface area contributed by atoms with Gasteiger partial charge in [0.2, 0.25) is 0 Å². The maximum absolute atomic E-state index is 10.6. The van der Waals surface area contributed by atoms with Crippen LogP contribution >= 0.6 is 0 Å². The fraction of sp³-hybridized carbons (Fsp3) is 0.500. The Morgan fingerprint density at radius 3 is 2.61 bits per heavy atom. The fourth-order valence-corrected chi connectivity index (χ4v) is 1.87. The summed E-state index contributed by atoms with van der Waals surface area (Å²) in [5, 5.41) is 8.70. The lowest BCUT2D eigenvalue weighted by molar-refractivity contribution is -0.138. The monoisotopic (exact) mass is 250 g/mol. The first-order valence-electron chi connectivity index (χ1n) is 6.17. The molecule has 100 valence electrons. The molecule has 0 aliphatic carbocycles. The van der Waals surface area contributed by atoms with Crippen LogP contribution in [0.1, 0.15) is 24.0 Å². The lowest BCUT2D eigenvalue weighted by atomic mass is 10.0. The van der Waals surface area contributed by atoms with Crippen LogP contribution in [0.2, 0.25) is 0 Å². The number of hydrogen-bond acceptors (Lipinski definition) is 3. The van der Waals surface area contributed by atoms with E-state index in [1.165, 1.54) is 16.8 Å². The van der Waals surface area contributed by atoms with Crippen molar-refractivity contribution in [2.24, 2.45) is 5.73 Å². The Hall–Kier alpha value is -1.55. The third-order valence-electron chi connectivity index (χ3n) is 3.12. The van der Waals surface area contributed by atoms with Crippen LogP contribution in [0.15, 0.2) is 18.2 Å². The zero-order valence-electron chi connectivity index (χ0n) is 11.3. The number of rotatable bonds is 6. The highest BCUT2D eigenvalue weighted by atomic mass is 16.4. The third-order valence-corrected chi connectivity index (χ3v) is 3.12. The number of carboxylic acid groups (broad SMARTS) is 1. The molecule has 4 nitrogen and oxygen atoms in total. The molecular formula is C14H22N2O2. The summed E-state index contributed by atoms with van der Waals surface area (Å²) in [7, 11) is 4.03. The number of carboxylic acids is 1. The van der Waals surface area contributed by atoms with Crippen LogP contribution in [0.3, 0.4) is 0 Å². The second kappa shape index (κ2) is 6.40. The molecule has 1 atom stereocenters. The van der Waals surface area contributed by atoms with Crippen molar-refractivity contribution in [1.29, 1.82) is 0 Å². The predicted molar refractivity (Wildman–Crippen MR) is 74.1 cm³/mol. The maximum Gasteiger partial charge on any atom is 0.320 e. The minimum absolute atomic E-state index is 0.518. The standard InChI is InChI=1S/C14H22N2O2/c1-10-9-12(16(2)3)8-7-11(10)5-4-6-13(15)14(17)18/h7-9,13H,4-6,15H2,1-3H3,(H,17,18). The second-order valence-corrected chi connectivity index (χ2v) is 4.84. The molecule has 0 aliphatic rings. The van der Waals surface area contributed by atoms with Gasteiger partial charge in [-0.15, -0.1) is 0 Å². The van der Waals surface area contributed by atoms with Gasteiger partial charge in [-0.1, -0.05) is 6.07 Å². The molecule has 4 heteroatoms. The van der Waals surface area contributed by atoms with E-state index in [9.17, 15) is 4.79 Å². The van der Waals surface area contributed by atoms with Gasteiger partial charge in [0, 0.05) is 19.8 Å². The number of hydrogen-bond donors (Lipinski definition) is 2. The number of carbonyl (C=O) groups is 1. The molecule has 3 N–H and O–H groups in total. The van der Waals surface area contributed by atoms with E-state index in [1.807, 2.05) is 14.1 Å².